The average molecular weight is 251 g/mol. The maximum Gasteiger partial charge on any atom is 0.204 e. The van der Waals surface area contributed by atoms with Gasteiger partial charge < -0.3 is 14.6 Å². The highest BCUT2D eigenvalue weighted by Crippen LogP contribution is 2.29. The van der Waals surface area contributed by atoms with E-state index in [1.165, 1.54) is 0 Å². The highest BCUT2D eigenvalue weighted by Gasteiger charge is 2.27. The van der Waals surface area contributed by atoms with Crippen LogP contribution in [-0.4, -0.2) is 12.6 Å². The molecule has 1 rings (SSSR count). The average Bonchev–Trinajstić information content (AvgIpc) is 2.26. The van der Waals surface area contributed by atoms with Gasteiger partial charge in [0.2, 0.25) is 11.6 Å². The van der Waals surface area contributed by atoms with E-state index in [0.29, 0.717) is 6.42 Å². The van der Waals surface area contributed by atoms with Crippen LogP contribution < -0.4 is 9.84 Å². The number of carbonyl (C=O) groups is 1. The first kappa shape index (κ1) is 13.3. The smallest absolute Gasteiger partial charge is 0.204 e. The number of aromatic carboxylic acids is 1. The minimum Gasteiger partial charge on any atom is -0.545 e. The van der Waals surface area contributed by atoms with E-state index in [4.69, 9.17) is 0 Å². The standard InChI is InChI=1S/C10H8F4O3/c1-2-3-17-9-7(13)5(11)4(10(15)16)6(12)8(9)14/h2-3H2,1H3,(H,15,16)/p-1. The van der Waals surface area contributed by atoms with Gasteiger partial charge in [0.15, 0.2) is 17.4 Å². The molecule has 0 unspecified atom stereocenters. The van der Waals surface area contributed by atoms with E-state index in [2.05, 4.69) is 4.74 Å². The highest BCUT2D eigenvalue weighted by atomic mass is 19.2. The van der Waals surface area contributed by atoms with Crippen LogP contribution in [0.4, 0.5) is 17.6 Å². The normalized spacial score (nSPS) is 10.4. The zero-order valence-corrected chi connectivity index (χ0v) is 8.65. The van der Waals surface area contributed by atoms with Crippen LogP contribution >= 0.6 is 0 Å². The third-order valence-corrected chi connectivity index (χ3v) is 1.88. The third kappa shape index (κ3) is 2.32. The molecule has 0 amide bonds. The summed E-state index contributed by atoms with van der Waals surface area (Å²) in [6.07, 6.45) is 0.352. The zero-order chi connectivity index (χ0) is 13.2. The molecule has 94 valence electrons. The summed E-state index contributed by atoms with van der Waals surface area (Å²) in [5.74, 6) is -11.5. The van der Waals surface area contributed by atoms with Gasteiger partial charge >= 0.3 is 0 Å². The van der Waals surface area contributed by atoms with Gasteiger partial charge in [-0.05, 0) is 6.42 Å². The van der Waals surface area contributed by atoms with Crippen molar-refractivity contribution in [3.8, 4) is 5.75 Å². The van der Waals surface area contributed by atoms with Gasteiger partial charge in [-0.2, -0.15) is 8.78 Å². The Morgan fingerprint density at radius 2 is 1.59 bits per heavy atom. The van der Waals surface area contributed by atoms with Crippen LogP contribution in [0.3, 0.4) is 0 Å². The molecule has 0 spiro atoms. The van der Waals surface area contributed by atoms with Gasteiger partial charge in [-0.1, -0.05) is 6.92 Å². The van der Waals surface area contributed by atoms with Crippen LogP contribution in [0.5, 0.6) is 5.75 Å². The van der Waals surface area contributed by atoms with Crippen molar-refractivity contribution in [3.63, 3.8) is 0 Å². The van der Waals surface area contributed by atoms with Crippen molar-refractivity contribution >= 4 is 5.97 Å². The predicted molar refractivity (Wildman–Crippen MR) is 46.4 cm³/mol. The maximum absolute atomic E-state index is 13.2. The Bertz CT molecular complexity index is 430. The Morgan fingerprint density at radius 3 is 1.94 bits per heavy atom. The van der Waals surface area contributed by atoms with Crippen molar-refractivity contribution in [2.45, 2.75) is 13.3 Å². The van der Waals surface area contributed by atoms with Gasteiger partial charge in [-0.15, -0.1) is 0 Å². The van der Waals surface area contributed by atoms with Crippen LogP contribution in [0.2, 0.25) is 0 Å². The fourth-order valence-corrected chi connectivity index (χ4v) is 1.12. The first-order chi connectivity index (χ1) is 7.91. The number of hydrogen-bond donors (Lipinski definition) is 0. The summed E-state index contributed by atoms with van der Waals surface area (Å²) in [6.45, 7) is 1.44. The SMILES string of the molecule is CCCOc1c(F)c(F)c(C(=O)[O-])c(F)c1F. The van der Waals surface area contributed by atoms with Crippen LogP contribution in [-0.2, 0) is 0 Å². The molecule has 0 N–H and O–H groups in total. The second-order valence-electron chi connectivity index (χ2n) is 3.10. The van der Waals surface area contributed by atoms with Gasteiger partial charge in [0, 0.05) is 0 Å². The van der Waals surface area contributed by atoms with E-state index in [0.717, 1.165) is 0 Å². The molecular formula is C10H7F4O3-. The summed E-state index contributed by atoms with van der Waals surface area (Å²) in [5, 5.41) is 10.3. The van der Waals surface area contributed by atoms with Crippen LogP contribution in [0, 0.1) is 23.3 Å². The second-order valence-corrected chi connectivity index (χ2v) is 3.10. The molecule has 0 aliphatic rings. The van der Waals surface area contributed by atoms with Crippen molar-refractivity contribution in [2.24, 2.45) is 0 Å². The Hall–Kier alpha value is -1.79. The van der Waals surface area contributed by atoms with Crippen molar-refractivity contribution in [1.82, 2.24) is 0 Å². The van der Waals surface area contributed by atoms with Gasteiger partial charge in [0.25, 0.3) is 0 Å². The molecule has 0 saturated heterocycles. The number of halogens is 4. The molecule has 0 radical (unpaired) electrons. The number of carboxylic acids is 1. The van der Waals surface area contributed by atoms with Crippen molar-refractivity contribution in [1.29, 1.82) is 0 Å². The summed E-state index contributed by atoms with van der Waals surface area (Å²) in [7, 11) is 0. The number of carbonyl (C=O) groups excluding carboxylic acids is 1. The summed E-state index contributed by atoms with van der Waals surface area (Å²) >= 11 is 0. The third-order valence-electron chi connectivity index (χ3n) is 1.88. The van der Waals surface area contributed by atoms with Crippen molar-refractivity contribution < 1.29 is 32.2 Å². The van der Waals surface area contributed by atoms with Gasteiger partial charge in [0.1, 0.15) is 0 Å². The van der Waals surface area contributed by atoms with Crippen molar-refractivity contribution in [2.75, 3.05) is 6.61 Å². The van der Waals surface area contributed by atoms with Crippen LogP contribution in [0.15, 0.2) is 0 Å². The number of rotatable bonds is 4. The topological polar surface area (TPSA) is 49.4 Å². The molecular weight excluding hydrogens is 244 g/mol. The molecule has 1 aromatic carbocycles. The lowest BCUT2D eigenvalue weighted by molar-refractivity contribution is -0.255. The monoisotopic (exact) mass is 251 g/mol. The molecule has 0 aliphatic heterocycles. The molecule has 7 heteroatoms. The summed E-state index contributed by atoms with van der Waals surface area (Å²) < 4.78 is 57.0. The molecule has 0 fully saturated rings. The highest BCUT2D eigenvalue weighted by molar-refractivity contribution is 5.86. The Balaban J connectivity index is 3.41. The summed E-state index contributed by atoms with van der Waals surface area (Å²) in [5.41, 5.74) is -1.79. The zero-order valence-electron chi connectivity index (χ0n) is 8.65. The van der Waals surface area contributed by atoms with Crippen LogP contribution in [0.25, 0.3) is 0 Å². The minimum atomic E-state index is -2.35. The number of ether oxygens (including phenoxy) is 1. The molecule has 0 atom stereocenters. The molecule has 0 aliphatic carbocycles. The predicted octanol–water partition coefficient (Wildman–Crippen LogP) is 1.40. The minimum absolute atomic E-state index is 0.169. The first-order valence-corrected chi connectivity index (χ1v) is 4.61. The Labute approximate surface area is 93.6 Å². The van der Waals surface area contributed by atoms with Gasteiger partial charge in [-0.3, -0.25) is 0 Å². The molecule has 0 aromatic heterocycles. The van der Waals surface area contributed by atoms with E-state index >= 15 is 0 Å². The lowest BCUT2D eigenvalue weighted by atomic mass is 10.1. The number of carboxylic acid groups (broad SMARTS) is 1. The van der Waals surface area contributed by atoms with E-state index in [-0.39, 0.29) is 6.61 Å². The molecule has 0 saturated carbocycles. The molecule has 17 heavy (non-hydrogen) atoms. The lowest BCUT2D eigenvalue weighted by Gasteiger charge is -2.12. The van der Waals surface area contributed by atoms with E-state index < -0.39 is 40.6 Å². The maximum atomic E-state index is 13.2. The van der Waals surface area contributed by atoms with E-state index in [9.17, 15) is 27.5 Å². The largest absolute Gasteiger partial charge is 0.545 e. The fraction of sp³-hybridized carbons (Fsp3) is 0.300. The van der Waals surface area contributed by atoms with E-state index in [1.54, 1.807) is 6.92 Å². The number of hydrogen-bond acceptors (Lipinski definition) is 3. The first-order valence-electron chi connectivity index (χ1n) is 4.61. The molecule has 1 aromatic rings. The Kier molecular flexibility index (Phi) is 3.93. The number of benzene rings is 1. The van der Waals surface area contributed by atoms with Gasteiger partial charge in [0.05, 0.1) is 18.1 Å². The second kappa shape index (κ2) is 5.03. The fourth-order valence-electron chi connectivity index (χ4n) is 1.12. The lowest BCUT2D eigenvalue weighted by Crippen LogP contribution is -2.26. The summed E-state index contributed by atoms with van der Waals surface area (Å²) in [4.78, 5) is 10.3. The molecule has 0 bridgehead atoms. The molecule has 0 heterocycles. The molecule has 3 nitrogen and oxygen atoms in total. The summed E-state index contributed by atoms with van der Waals surface area (Å²) in [6, 6.07) is 0. The van der Waals surface area contributed by atoms with Crippen LogP contribution in [0.1, 0.15) is 23.7 Å². The Morgan fingerprint density at radius 1 is 1.12 bits per heavy atom. The van der Waals surface area contributed by atoms with Crippen molar-refractivity contribution in [3.05, 3.63) is 28.8 Å². The van der Waals surface area contributed by atoms with Gasteiger partial charge in [-0.25, -0.2) is 8.78 Å². The quantitative estimate of drug-likeness (QED) is 0.600. The van der Waals surface area contributed by atoms with E-state index in [1.807, 2.05) is 0 Å².